The second-order valence-corrected chi connectivity index (χ2v) is 7.26. The largest absolute Gasteiger partial charge is 0.472 e. The van der Waals surface area contributed by atoms with Crippen molar-refractivity contribution in [2.45, 2.75) is 51.6 Å². The lowest BCUT2D eigenvalue weighted by molar-refractivity contribution is -0.0225. The summed E-state index contributed by atoms with van der Waals surface area (Å²) in [5.74, 6) is 1.61. The molecule has 2 heterocycles. The Labute approximate surface area is 124 Å². The predicted octanol–water partition coefficient (Wildman–Crippen LogP) is 1.77. The number of ether oxygens (including phenoxy) is 1. The molecule has 0 amide bonds. The van der Waals surface area contributed by atoms with Gasteiger partial charge >= 0.3 is 5.69 Å². The van der Waals surface area contributed by atoms with Crippen molar-refractivity contribution in [3.63, 3.8) is 0 Å². The molecule has 1 fully saturated rings. The summed E-state index contributed by atoms with van der Waals surface area (Å²) in [6.07, 6.45) is 3.25. The van der Waals surface area contributed by atoms with Gasteiger partial charge in [-0.15, -0.1) is 0 Å². The minimum absolute atomic E-state index is 0.187. The number of rotatable bonds is 0. The predicted molar refractivity (Wildman–Crippen MR) is 80.9 cm³/mol. The van der Waals surface area contributed by atoms with Gasteiger partial charge in [-0.25, -0.2) is 4.79 Å². The molecule has 21 heavy (non-hydrogen) atoms. The first kappa shape index (κ1) is 14.4. The molecule has 1 aromatic heterocycles. The average Bonchev–Trinajstić information content (AvgIpc) is 2.41. The van der Waals surface area contributed by atoms with Crippen molar-refractivity contribution in [1.82, 2.24) is 9.13 Å². The number of aromatic nitrogens is 2. The van der Waals surface area contributed by atoms with E-state index in [0.717, 1.165) is 12.8 Å². The first-order chi connectivity index (χ1) is 9.74. The van der Waals surface area contributed by atoms with Crippen LogP contribution in [0.4, 0.5) is 0 Å². The zero-order chi connectivity index (χ0) is 15.5. The number of hydrogen-bond donors (Lipinski definition) is 0. The molecule has 3 rings (SSSR count). The van der Waals surface area contributed by atoms with Gasteiger partial charge in [-0.05, 0) is 32.6 Å². The zero-order valence-electron chi connectivity index (χ0n) is 13.5. The Kier molecular flexibility index (Phi) is 3.08. The lowest BCUT2D eigenvalue weighted by Gasteiger charge is -2.48. The Morgan fingerprint density at radius 3 is 2.48 bits per heavy atom. The fourth-order valence-corrected chi connectivity index (χ4v) is 4.15. The molecule has 0 bridgehead atoms. The fraction of sp³-hybridized carbons (Fsp3) is 0.750. The van der Waals surface area contributed by atoms with Crippen molar-refractivity contribution in [2.75, 3.05) is 0 Å². The third kappa shape index (κ3) is 1.97. The highest BCUT2D eigenvalue weighted by Crippen LogP contribution is 2.51. The van der Waals surface area contributed by atoms with E-state index in [0.29, 0.717) is 23.3 Å². The highest BCUT2D eigenvalue weighted by molar-refractivity contribution is 5.34. The molecule has 0 saturated heterocycles. The molecule has 0 aromatic carbocycles. The summed E-state index contributed by atoms with van der Waals surface area (Å²) < 4.78 is 8.81. The number of hydrogen-bond acceptors (Lipinski definition) is 3. The van der Waals surface area contributed by atoms with Crippen molar-refractivity contribution in [1.29, 1.82) is 0 Å². The molecule has 2 aliphatic rings. The Bertz CT molecular complexity index is 699. The van der Waals surface area contributed by atoms with Gasteiger partial charge in [0.2, 0.25) is 5.88 Å². The summed E-state index contributed by atoms with van der Waals surface area (Å²) in [6, 6.07) is 0. The summed E-state index contributed by atoms with van der Waals surface area (Å²) in [7, 11) is 3.23. The van der Waals surface area contributed by atoms with E-state index in [-0.39, 0.29) is 22.8 Å². The van der Waals surface area contributed by atoms with Gasteiger partial charge in [0, 0.05) is 25.9 Å². The molecule has 1 aromatic rings. The van der Waals surface area contributed by atoms with E-state index in [1.165, 1.54) is 15.6 Å². The van der Waals surface area contributed by atoms with E-state index >= 15 is 0 Å². The van der Waals surface area contributed by atoms with Crippen molar-refractivity contribution in [2.24, 2.45) is 25.9 Å². The number of fused-ring (bicyclic) bond motifs is 3. The van der Waals surface area contributed by atoms with E-state index in [9.17, 15) is 9.59 Å². The van der Waals surface area contributed by atoms with E-state index in [1.54, 1.807) is 14.1 Å². The van der Waals surface area contributed by atoms with Crippen molar-refractivity contribution >= 4 is 0 Å². The molecule has 3 unspecified atom stereocenters. The van der Waals surface area contributed by atoms with Crippen LogP contribution in [0.3, 0.4) is 0 Å². The van der Waals surface area contributed by atoms with Crippen LogP contribution in [0.5, 0.6) is 5.88 Å². The van der Waals surface area contributed by atoms with E-state index in [1.807, 2.05) is 0 Å². The Morgan fingerprint density at radius 1 is 1.14 bits per heavy atom. The van der Waals surface area contributed by atoms with Crippen molar-refractivity contribution in [3.8, 4) is 5.88 Å². The molecule has 116 valence electrons. The summed E-state index contributed by atoms with van der Waals surface area (Å²) in [6.45, 7) is 6.39. The van der Waals surface area contributed by atoms with Crippen LogP contribution < -0.4 is 16.0 Å². The number of nitrogens with zero attached hydrogens (tertiary/aromatic N) is 2. The maximum absolute atomic E-state index is 12.6. The summed E-state index contributed by atoms with van der Waals surface area (Å²) in [4.78, 5) is 24.8. The first-order valence-corrected chi connectivity index (χ1v) is 7.73. The maximum atomic E-state index is 12.6. The molecular formula is C16H24N2O3. The van der Waals surface area contributed by atoms with Crippen LogP contribution in [0.15, 0.2) is 9.59 Å². The zero-order valence-corrected chi connectivity index (χ0v) is 13.5. The minimum atomic E-state index is -0.339. The molecule has 5 nitrogen and oxygen atoms in total. The second-order valence-electron chi connectivity index (χ2n) is 7.26. The molecule has 1 aliphatic carbocycles. The summed E-state index contributed by atoms with van der Waals surface area (Å²) in [5.41, 5.74) is -0.144. The molecule has 1 aliphatic heterocycles. The standard InChI is InChI=1S/C16H24N2O3/c1-9-6-7-11-10(8-9)12-13(19)17(4)15(20)18(5)14(12)21-16(11,2)3/h9-11H,6-8H2,1-5H3. The van der Waals surface area contributed by atoms with Crippen LogP contribution in [0.25, 0.3) is 0 Å². The van der Waals surface area contributed by atoms with Crippen LogP contribution in [0, 0.1) is 11.8 Å². The molecule has 0 spiro atoms. The topological polar surface area (TPSA) is 53.2 Å². The van der Waals surface area contributed by atoms with Crippen LogP contribution in [-0.2, 0) is 14.1 Å². The van der Waals surface area contributed by atoms with Gasteiger partial charge in [0.25, 0.3) is 5.56 Å². The van der Waals surface area contributed by atoms with Gasteiger partial charge in [-0.3, -0.25) is 13.9 Å². The van der Waals surface area contributed by atoms with Gasteiger partial charge in [0.05, 0.1) is 5.56 Å². The van der Waals surface area contributed by atoms with E-state index in [4.69, 9.17) is 4.74 Å². The van der Waals surface area contributed by atoms with Gasteiger partial charge < -0.3 is 4.74 Å². The third-order valence-corrected chi connectivity index (χ3v) is 5.38. The molecule has 0 N–H and O–H groups in total. The van der Waals surface area contributed by atoms with Crippen LogP contribution >= 0.6 is 0 Å². The van der Waals surface area contributed by atoms with Crippen molar-refractivity contribution < 1.29 is 4.74 Å². The van der Waals surface area contributed by atoms with Gasteiger partial charge in [-0.1, -0.05) is 13.3 Å². The molecule has 5 heteroatoms. The quantitative estimate of drug-likeness (QED) is 0.732. The van der Waals surface area contributed by atoms with Crippen LogP contribution in [0.1, 0.15) is 51.5 Å². The van der Waals surface area contributed by atoms with Crippen molar-refractivity contribution in [3.05, 3.63) is 26.4 Å². The maximum Gasteiger partial charge on any atom is 0.333 e. The Hall–Kier alpha value is -1.52. The van der Waals surface area contributed by atoms with Gasteiger partial charge in [-0.2, -0.15) is 0 Å². The second kappa shape index (κ2) is 4.49. The molecule has 3 atom stereocenters. The SMILES string of the molecule is CC1CCC2C(C1)c1c(n(C)c(=O)n(C)c1=O)OC2(C)C. The average molecular weight is 292 g/mol. The highest BCUT2D eigenvalue weighted by atomic mass is 16.5. The Morgan fingerprint density at radius 2 is 1.81 bits per heavy atom. The Balaban J connectivity index is 2.29. The van der Waals surface area contributed by atoms with E-state index in [2.05, 4.69) is 20.8 Å². The molecule has 1 saturated carbocycles. The smallest absolute Gasteiger partial charge is 0.333 e. The lowest BCUT2D eigenvalue weighted by Crippen LogP contribution is -2.52. The normalized spacial score (nSPS) is 30.2. The van der Waals surface area contributed by atoms with Crippen LogP contribution in [0.2, 0.25) is 0 Å². The summed E-state index contributed by atoms with van der Waals surface area (Å²) >= 11 is 0. The highest BCUT2D eigenvalue weighted by Gasteiger charge is 2.48. The van der Waals surface area contributed by atoms with Crippen LogP contribution in [-0.4, -0.2) is 14.7 Å². The van der Waals surface area contributed by atoms with E-state index < -0.39 is 0 Å². The minimum Gasteiger partial charge on any atom is -0.472 e. The fourth-order valence-electron chi connectivity index (χ4n) is 4.15. The van der Waals surface area contributed by atoms with Gasteiger partial charge in [0.1, 0.15) is 5.60 Å². The van der Waals surface area contributed by atoms with Gasteiger partial charge in [0.15, 0.2) is 0 Å². The third-order valence-electron chi connectivity index (χ3n) is 5.38. The first-order valence-electron chi connectivity index (χ1n) is 7.73. The lowest BCUT2D eigenvalue weighted by atomic mass is 9.65. The molecular weight excluding hydrogens is 268 g/mol. The summed E-state index contributed by atoms with van der Waals surface area (Å²) in [5, 5.41) is 0. The molecule has 0 radical (unpaired) electrons. The monoisotopic (exact) mass is 292 g/mol.